The zero-order chi connectivity index (χ0) is 23.6. The van der Waals surface area contributed by atoms with Crippen LogP contribution in [-0.2, 0) is 16.6 Å². The lowest BCUT2D eigenvalue weighted by molar-refractivity contribution is 0.0697. The van der Waals surface area contributed by atoms with Gasteiger partial charge in [0.1, 0.15) is 5.82 Å². The van der Waals surface area contributed by atoms with E-state index < -0.39 is 16.0 Å². The number of anilines is 1. The van der Waals surface area contributed by atoms with Gasteiger partial charge in [-0.05, 0) is 72.8 Å². The Hall–Kier alpha value is -4.02. The number of carboxylic acid groups (broad SMARTS) is 1. The molecule has 0 bridgehead atoms. The fourth-order valence-electron chi connectivity index (χ4n) is 3.24. The highest BCUT2D eigenvalue weighted by atomic mass is 32.2. The predicted octanol–water partition coefficient (Wildman–Crippen LogP) is 3.64. The fourth-order valence-corrected chi connectivity index (χ4v) is 3.75. The molecule has 33 heavy (non-hydrogen) atoms. The zero-order valence-corrected chi connectivity index (χ0v) is 18.0. The van der Waals surface area contributed by atoms with Crippen LogP contribution in [0.2, 0.25) is 0 Å². The number of carbonyl (C=O) groups is 1. The van der Waals surface area contributed by atoms with Gasteiger partial charge < -0.3 is 10.4 Å². The third-order valence-electron chi connectivity index (χ3n) is 4.95. The molecule has 1 aromatic heterocycles. The number of nitrogens with two attached hydrogens (primary N) is 1. The molecular formula is C23H19FN4O4S. The van der Waals surface area contributed by atoms with Crippen LogP contribution >= 0.6 is 0 Å². The average Bonchev–Trinajstić information content (AvgIpc) is 3.22. The van der Waals surface area contributed by atoms with E-state index in [0.29, 0.717) is 29.2 Å². The lowest BCUT2D eigenvalue weighted by atomic mass is 10.1. The summed E-state index contributed by atoms with van der Waals surface area (Å²) in [7, 11) is -3.78. The van der Waals surface area contributed by atoms with Crippen LogP contribution in [0.5, 0.6) is 0 Å². The highest BCUT2D eigenvalue weighted by molar-refractivity contribution is 7.89. The molecule has 8 nitrogen and oxygen atoms in total. The normalized spacial score (nSPS) is 11.3. The first kappa shape index (κ1) is 22.2. The van der Waals surface area contributed by atoms with Crippen LogP contribution in [0.25, 0.3) is 16.9 Å². The summed E-state index contributed by atoms with van der Waals surface area (Å²) in [5, 5.41) is 22.1. The minimum atomic E-state index is -3.78. The molecule has 10 heteroatoms. The Morgan fingerprint density at radius 3 is 2.21 bits per heavy atom. The number of halogens is 1. The van der Waals surface area contributed by atoms with Crippen LogP contribution < -0.4 is 10.5 Å². The summed E-state index contributed by atoms with van der Waals surface area (Å²) in [5.74, 6) is -1.38. The number of sulfonamides is 1. The van der Waals surface area contributed by atoms with Crippen molar-refractivity contribution >= 4 is 21.7 Å². The van der Waals surface area contributed by atoms with Gasteiger partial charge in [0, 0.05) is 29.6 Å². The van der Waals surface area contributed by atoms with Crippen molar-refractivity contribution in [3.63, 3.8) is 0 Å². The Kier molecular flexibility index (Phi) is 5.95. The van der Waals surface area contributed by atoms with Crippen molar-refractivity contribution in [3.05, 3.63) is 95.9 Å². The first-order valence-electron chi connectivity index (χ1n) is 9.76. The Morgan fingerprint density at radius 1 is 1.00 bits per heavy atom. The Balaban J connectivity index is 1.65. The maximum absolute atomic E-state index is 13.4. The van der Waals surface area contributed by atoms with E-state index in [1.54, 1.807) is 47.3 Å². The van der Waals surface area contributed by atoms with E-state index in [1.165, 1.54) is 36.4 Å². The van der Waals surface area contributed by atoms with Gasteiger partial charge >= 0.3 is 5.97 Å². The summed E-state index contributed by atoms with van der Waals surface area (Å²) in [6.45, 7) is 0.342. The van der Waals surface area contributed by atoms with E-state index in [4.69, 9.17) is 10.2 Å². The highest BCUT2D eigenvalue weighted by Crippen LogP contribution is 2.25. The van der Waals surface area contributed by atoms with E-state index in [2.05, 4.69) is 10.4 Å². The number of carboxylic acids is 1. The minimum Gasteiger partial charge on any atom is -0.478 e. The summed E-state index contributed by atoms with van der Waals surface area (Å²) in [6, 6.07) is 18.2. The van der Waals surface area contributed by atoms with Crippen molar-refractivity contribution in [2.45, 2.75) is 11.4 Å². The summed E-state index contributed by atoms with van der Waals surface area (Å²) < 4.78 is 37.9. The Labute approximate surface area is 189 Å². The van der Waals surface area contributed by atoms with Crippen molar-refractivity contribution < 1.29 is 22.7 Å². The summed E-state index contributed by atoms with van der Waals surface area (Å²) in [4.78, 5) is 11.1. The molecule has 0 aliphatic heterocycles. The van der Waals surface area contributed by atoms with E-state index in [0.717, 1.165) is 5.56 Å². The van der Waals surface area contributed by atoms with E-state index in [9.17, 15) is 17.6 Å². The van der Waals surface area contributed by atoms with E-state index in [-0.39, 0.29) is 16.3 Å². The third-order valence-corrected chi connectivity index (χ3v) is 5.88. The van der Waals surface area contributed by atoms with Gasteiger partial charge in [0.05, 0.1) is 21.8 Å². The molecular weight excluding hydrogens is 447 g/mol. The number of rotatable bonds is 7. The largest absolute Gasteiger partial charge is 0.478 e. The molecule has 0 atom stereocenters. The maximum Gasteiger partial charge on any atom is 0.335 e. The second-order valence-electron chi connectivity index (χ2n) is 7.23. The molecule has 0 spiro atoms. The molecule has 1 heterocycles. The molecule has 0 saturated heterocycles. The van der Waals surface area contributed by atoms with Crippen LogP contribution in [0, 0.1) is 5.82 Å². The molecule has 4 aromatic rings. The SMILES string of the molecule is NS(=O)(=O)c1ccc(NCc2cn(-c3ccc(C(=O)O)cc3)nc2-c2ccc(F)cc2)cc1. The van der Waals surface area contributed by atoms with Crippen LogP contribution in [0.4, 0.5) is 10.1 Å². The molecule has 4 N–H and O–H groups in total. The van der Waals surface area contributed by atoms with Gasteiger partial charge in [-0.15, -0.1) is 0 Å². The molecule has 0 unspecified atom stereocenters. The summed E-state index contributed by atoms with van der Waals surface area (Å²) in [6.07, 6.45) is 1.79. The molecule has 0 amide bonds. The standard InChI is InChI=1S/C23H19FN4O4S/c24-18-5-1-15(2-6-18)22-17(13-26-19-7-11-21(12-8-19)33(25,31)32)14-28(27-22)20-9-3-16(4-10-20)23(29)30/h1-12,14,26H,13H2,(H,29,30)(H2,25,31,32). The minimum absolute atomic E-state index is 0.0117. The molecule has 0 aliphatic rings. The fraction of sp³-hybridized carbons (Fsp3) is 0.0435. The van der Waals surface area contributed by atoms with Crippen molar-refractivity contribution in [1.82, 2.24) is 9.78 Å². The molecule has 4 rings (SSSR count). The molecule has 0 saturated carbocycles. The first-order chi connectivity index (χ1) is 15.7. The molecule has 0 radical (unpaired) electrons. The highest BCUT2D eigenvalue weighted by Gasteiger charge is 2.14. The van der Waals surface area contributed by atoms with Gasteiger partial charge in [0.15, 0.2) is 0 Å². The van der Waals surface area contributed by atoms with Gasteiger partial charge in [0.2, 0.25) is 10.0 Å². The third kappa shape index (κ3) is 5.08. The van der Waals surface area contributed by atoms with Gasteiger partial charge in [-0.1, -0.05) is 0 Å². The second-order valence-corrected chi connectivity index (χ2v) is 8.79. The number of nitrogens with one attached hydrogen (secondary N) is 1. The number of hydrogen-bond donors (Lipinski definition) is 3. The average molecular weight is 466 g/mol. The number of aromatic nitrogens is 2. The molecule has 0 aliphatic carbocycles. The number of aromatic carboxylic acids is 1. The van der Waals surface area contributed by atoms with Crippen molar-refractivity contribution in [1.29, 1.82) is 0 Å². The van der Waals surface area contributed by atoms with Crippen molar-refractivity contribution in [2.75, 3.05) is 5.32 Å². The van der Waals surface area contributed by atoms with Crippen LogP contribution in [-0.4, -0.2) is 29.3 Å². The van der Waals surface area contributed by atoms with Crippen molar-refractivity contribution in [3.8, 4) is 16.9 Å². The van der Waals surface area contributed by atoms with Gasteiger partial charge in [-0.2, -0.15) is 5.10 Å². The zero-order valence-electron chi connectivity index (χ0n) is 17.1. The van der Waals surface area contributed by atoms with Crippen molar-refractivity contribution in [2.24, 2.45) is 5.14 Å². The van der Waals surface area contributed by atoms with Crippen LogP contribution in [0.15, 0.2) is 83.9 Å². The van der Waals surface area contributed by atoms with Crippen LogP contribution in [0.1, 0.15) is 15.9 Å². The van der Waals surface area contributed by atoms with E-state index in [1.807, 2.05) is 0 Å². The molecule has 168 valence electrons. The van der Waals surface area contributed by atoms with Gasteiger partial charge in [0.25, 0.3) is 0 Å². The summed E-state index contributed by atoms with van der Waals surface area (Å²) in [5.41, 5.74) is 3.61. The number of nitrogens with zero attached hydrogens (tertiary/aromatic N) is 2. The second kappa shape index (κ2) is 8.85. The summed E-state index contributed by atoms with van der Waals surface area (Å²) >= 11 is 0. The van der Waals surface area contributed by atoms with E-state index >= 15 is 0 Å². The number of benzene rings is 3. The number of hydrogen-bond acceptors (Lipinski definition) is 5. The first-order valence-corrected chi connectivity index (χ1v) is 11.3. The monoisotopic (exact) mass is 466 g/mol. The van der Waals surface area contributed by atoms with Gasteiger partial charge in [-0.3, -0.25) is 0 Å². The lowest BCUT2D eigenvalue weighted by Gasteiger charge is -2.07. The topological polar surface area (TPSA) is 127 Å². The predicted molar refractivity (Wildman–Crippen MR) is 121 cm³/mol. The molecule has 3 aromatic carbocycles. The van der Waals surface area contributed by atoms with Gasteiger partial charge in [-0.25, -0.2) is 27.4 Å². The smallest absolute Gasteiger partial charge is 0.335 e. The Morgan fingerprint density at radius 2 is 1.64 bits per heavy atom. The number of primary sulfonamides is 1. The quantitative estimate of drug-likeness (QED) is 0.382. The maximum atomic E-state index is 13.4. The van der Waals surface area contributed by atoms with Crippen LogP contribution in [0.3, 0.4) is 0 Å². The molecule has 0 fully saturated rings. The Bertz CT molecular complexity index is 1400. The lowest BCUT2D eigenvalue weighted by Crippen LogP contribution is -2.12.